The van der Waals surface area contributed by atoms with Gasteiger partial charge >= 0.3 is 25.6 Å². The third-order valence-electron chi connectivity index (χ3n) is 9.04. The second kappa shape index (κ2) is 18.7. The highest BCUT2D eigenvalue weighted by atomic mass is 31.2. The minimum absolute atomic E-state index is 0.0139. The maximum absolute atomic E-state index is 14.8. The summed E-state index contributed by atoms with van der Waals surface area (Å²) in [5.74, 6) is -2.23. The molecule has 3 amide bonds. The molecule has 18 nitrogen and oxygen atoms in total. The van der Waals surface area contributed by atoms with Gasteiger partial charge in [0, 0.05) is 58.0 Å². The van der Waals surface area contributed by atoms with Crippen molar-refractivity contribution in [2.75, 3.05) is 57.4 Å². The van der Waals surface area contributed by atoms with Crippen LogP contribution < -0.4 is 10.2 Å². The molecule has 2 aromatic rings. The predicted octanol–water partition coefficient (Wildman–Crippen LogP) is 4.39. The zero-order chi connectivity index (χ0) is 42.3. The summed E-state index contributed by atoms with van der Waals surface area (Å²) in [6.07, 6.45) is -4.24. The second-order valence-corrected chi connectivity index (χ2v) is 18.0. The highest BCUT2D eigenvalue weighted by Crippen LogP contribution is 2.52. The average Bonchev–Trinajstić information content (AvgIpc) is 3.63. The fraction of sp³-hybridized carbons (Fsp3) is 0.605. The van der Waals surface area contributed by atoms with Crippen LogP contribution in [0.3, 0.4) is 0 Å². The van der Waals surface area contributed by atoms with Gasteiger partial charge in [0.05, 0.1) is 23.1 Å². The number of nitrogens with one attached hydrogen (secondary N) is 1. The molecule has 0 aliphatic carbocycles. The van der Waals surface area contributed by atoms with E-state index in [1.54, 1.807) is 72.9 Å². The fourth-order valence-corrected chi connectivity index (χ4v) is 7.71. The molecule has 2 aliphatic rings. The molecule has 2 saturated heterocycles. The second-order valence-electron chi connectivity index (χ2n) is 16.0. The van der Waals surface area contributed by atoms with Crippen LogP contribution >= 0.6 is 7.60 Å². The summed E-state index contributed by atoms with van der Waals surface area (Å²) < 4.78 is 42.7. The molecule has 0 saturated carbocycles. The maximum atomic E-state index is 14.8. The number of esters is 2. The van der Waals surface area contributed by atoms with Crippen molar-refractivity contribution in [1.29, 1.82) is 0 Å². The molecule has 2 N–H and O–H groups in total. The summed E-state index contributed by atoms with van der Waals surface area (Å²) >= 11 is 0. The first-order valence-corrected chi connectivity index (χ1v) is 20.5. The van der Waals surface area contributed by atoms with Crippen molar-refractivity contribution in [3.05, 3.63) is 42.1 Å². The molecule has 2 unspecified atom stereocenters. The molecule has 2 aliphatic heterocycles. The Bertz CT molecular complexity index is 1770. The molecule has 57 heavy (non-hydrogen) atoms. The number of carbonyl (C=O) groups is 5. The van der Waals surface area contributed by atoms with Crippen molar-refractivity contribution in [1.82, 2.24) is 25.1 Å². The van der Waals surface area contributed by atoms with Gasteiger partial charge in [-0.3, -0.25) is 32.8 Å². The van der Waals surface area contributed by atoms with Crippen molar-refractivity contribution < 1.29 is 56.9 Å². The van der Waals surface area contributed by atoms with Gasteiger partial charge in [-0.1, -0.05) is 30.3 Å². The summed E-state index contributed by atoms with van der Waals surface area (Å²) in [5, 5.41) is 12.2. The molecule has 314 valence electrons. The van der Waals surface area contributed by atoms with Crippen molar-refractivity contribution in [2.24, 2.45) is 10.8 Å². The van der Waals surface area contributed by atoms with Crippen LogP contribution in [0.5, 0.6) is 0 Å². The van der Waals surface area contributed by atoms with Crippen LogP contribution in [-0.4, -0.2) is 132 Å². The van der Waals surface area contributed by atoms with Crippen molar-refractivity contribution in [3.63, 3.8) is 0 Å². The lowest BCUT2D eigenvalue weighted by Gasteiger charge is -2.36. The lowest BCUT2D eigenvalue weighted by molar-refractivity contribution is -0.177. The number of carbonyl (C=O) groups excluding carboxylic acids is 4. The van der Waals surface area contributed by atoms with E-state index in [1.165, 1.54) is 24.8 Å². The summed E-state index contributed by atoms with van der Waals surface area (Å²) in [6, 6.07) is 8.88. The van der Waals surface area contributed by atoms with Gasteiger partial charge < -0.3 is 39.3 Å². The number of methoxy groups -OCH3 is 1. The average molecular weight is 819 g/mol. The Morgan fingerprint density at radius 3 is 1.89 bits per heavy atom. The number of hydrogen-bond donors (Lipinski definition) is 2. The lowest BCUT2D eigenvalue weighted by Crippen LogP contribution is -2.56. The van der Waals surface area contributed by atoms with Gasteiger partial charge in [-0.15, -0.1) is 0 Å². The van der Waals surface area contributed by atoms with Gasteiger partial charge in [-0.25, -0.2) is 14.8 Å². The van der Waals surface area contributed by atoms with Gasteiger partial charge in [0.1, 0.15) is 17.6 Å². The molecule has 4 rings (SSSR count). The van der Waals surface area contributed by atoms with Crippen LogP contribution in [0, 0.1) is 10.8 Å². The summed E-state index contributed by atoms with van der Waals surface area (Å²) in [5.41, 5.74) is -1.40. The quantitative estimate of drug-likeness (QED) is 0.154. The number of aromatic nitrogens is 2. The largest absolute Gasteiger partial charge is 0.465 e. The van der Waals surface area contributed by atoms with Crippen molar-refractivity contribution >= 4 is 43.3 Å². The van der Waals surface area contributed by atoms with Gasteiger partial charge in [0.15, 0.2) is 5.82 Å². The summed E-state index contributed by atoms with van der Waals surface area (Å²) in [4.78, 5) is 79.5. The van der Waals surface area contributed by atoms with Crippen molar-refractivity contribution in [2.45, 2.75) is 86.5 Å². The van der Waals surface area contributed by atoms with Crippen LogP contribution in [0.15, 0.2) is 36.4 Å². The molecular weight excluding hydrogens is 763 g/mol. The number of hydrogen-bond acceptors (Lipinski definition) is 14. The first-order chi connectivity index (χ1) is 26.6. The molecule has 0 spiro atoms. The highest BCUT2D eigenvalue weighted by molar-refractivity contribution is 7.54. The van der Waals surface area contributed by atoms with Crippen LogP contribution in [0.2, 0.25) is 0 Å². The zero-order valence-electron chi connectivity index (χ0n) is 34.1. The standard InChI is InChI=1S/C38H55N6O12P/c1-24(53-34(47)37(3,4)5)55-57(51,56-25(2)54-35(48)38(6,7)8)23-29(33(46)42-17-19-43(20-18-42)36(49)50)40-32(45)28-21-30(44-16-15-27(22-44)52-9)41-31(39-28)26-13-11-10-12-14-26/h10-14,21,24-25,27,29H,15-20,22-23H2,1-9H3,(H,40,45)(H,49,50)/t24?,25?,27-,29-,57?/m0/s1. The minimum Gasteiger partial charge on any atom is -0.465 e. The number of carboxylic acid groups (broad SMARTS) is 1. The first-order valence-electron chi connectivity index (χ1n) is 18.8. The van der Waals surface area contributed by atoms with Crippen molar-refractivity contribution in [3.8, 4) is 11.4 Å². The molecule has 3 heterocycles. The van der Waals surface area contributed by atoms with Gasteiger partial charge in [-0.2, -0.15) is 0 Å². The number of nitrogens with zero attached hydrogens (tertiary/aromatic N) is 5. The molecule has 4 atom stereocenters. The third-order valence-corrected chi connectivity index (χ3v) is 11.1. The Hall–Kier alpha value is -4.64. The van der Waals surface area contributed by atoms with Gasteiger partial charge in [0.2, 0.25) is 18.5 Å². The van der Waals surface area contributed by atoms with Crippen LogP contribution in [0.1, 0.15) is 72.3 Å². The number of anilines is 1. The smallest absolute Gasteiger partial charge is 0.407 e. The molecule has 0 radical (unpaired) electrons. The first kappa shape index (κ1) is 45.1. The van der Waals surface area contributed by atoms with E-state index in [0.717, 1.165) is 11.3 Å². The van der Waals surface area contributed by atoms with Crippen LogP contribution in [0.25, 0.3) is 11.4 Å². The van der Waals surface area contributed by atoms with E-state index in [9.17, 15) is 33.6 Å². The Labute approximate surface area is 333 Å². The van der Waals surface area contributed by atoms with Gasteiger partial charge in [-0.05, 0) is 61.8 Å². The predicted molar refractivity (Wildman–Crippen MR) is 207 cm³/mol. The number of piperazine rings is 1. The van der Waals surface area contributed by atoms with E-state index < -0.39 is 73.1 Å². The maximum Gasteiger partial charge on any atom is 0.407 e. The van der Waals surface area contributed by atoms with Gasteiger partial charge in [0.25, 0.3) is 5.91 Å². The van der Waals surface area contributed by atoms with E-state index in [1.807, 2.05) is 11.0 Å². The third kappa shape index (κ3) is 12.7. The van der Waals surface area contributed by atoms with Crippen LogP contribution in [0.4, 0.5) is 10.6 Å². The molecule has 1 aromatic carbocycles. The summed E-state index contributed by atoms with van der Waals surface area (Å²) in [6.45, 7) is 13.3. The van der Waals surface area contributed by atoms with E-state index >= 15 is 0 Å². The topological polar surface area (TPSA) is 216 Å². The van der Waals surface area contributed by atoms with Crippen LogP contribution in [-0.2, 0) is 42.2 Å². The highest BCUT2D eigenvalue weighted by Gasteiger charge is 2.42. The monoisotopic (exact) mass is 818 g/mol. The zero-order valence-corrected chi connectivity index (χ0v) is 34.9. The van der Waals surface area contributed by atoms with E-state index in [4.69, 9.17) is 28.2 Å². The van der Waals surface area contributed by atoms with E-state index in [0.29, 0.717) is 24.5 Å². The van der Waals surface area contributed by atoms with E-state index in [-0.39, 0.29) is 43.8 Å². The number of rotatable bonds is 14. The molecule has 0 bridgehead atoms. The fourth-order valence-electron chi connectivity index (χ4n) is 5.80. The summed E-state index contributed by atoms with van der Waals surface area (Å²) in [7, 11) is -3.03. The molecular formula is C38H55N6O12P. The normalized spacial score (nSPS) is 18.9. The number of benzene rings is 1. The Morgan fingerprint density at radius 1 is 0.860 bits per heavy atom. The molecule has 1 aromatic heterocycles. The Morgan fingerprint density at radius 2 is 1.40 bits per heavy atom. The molecule has 19 heteroatoms. The minimum atomic E-state index is -4.66. The van der Waals surface area contributed by atoms with E-state index in [2.05, 4.69) is 10.3 Å². The number of amides is 3. The molecule has 2 fully saturated rings. The number of ether oxygens (including phenoxy) is 3. The Kier molecular flexibility index (Phi) is 14.8. The Balaban J connectivity index is 1.73. The lowest BCUT2D eigenvalue weighted by atomic mass is 9.97. The SMILES string of the molecule is CO[C@H]1CCN(c2cc(C(=O)N[C@@H](CP(=O)(OC(C)OC(=O)C(C)(C)C)OC(C)OC(=O)C(C)(C)C)C(=O)N3CCN(C(=O)O)CC3)nc(-c3ccccc3)n2)C1.